The van der Waals surface area contributed by atoms with Gasteiger partial charge in [-0.2, -0.15) is 0 Å². The van der Waals surface area contributed by atoms with Gasteiger partial charge in [-0.1, -0.05) is 0 Å². The number of aromatic nitrogens is 1. The summed E-state index contributed by atoms with van der Waals surface area (Å²) in [6, 6.07) is 1.74. The van der Waals surface area contributed by atoms with E-state index in [-0.39, 0.29) is 18.4 Å². The minimum absolute atomic E-state index is 0.0279. The molecule has 0 aliphatic rings. The lowest BCUT2D eigenvalue weighted by atomic mass is 10.2. The fourth-order valence-electron chi connectivity index (χ4n) is 1.26. The van der Waals surface area contributed by atoms with Crippen molar-refractivity contribution >= 4 is 11.8 Å². The van der Waals surface area contributed by atoms with Gasteiger partial charge < -0.3 is 14.8 Å². The summed E-state index contributed by atoms with van der Waals surface area (Å²) in [5.41, 5.74) is 1.49. The van der Waals surface area contributed by atoms with Gasteiger partial charge in [-0.3, -0.25) is 9.59 Å². The first-order chi connectivity index (χ1) is 7.43. The molecule has 0 aliphatic heterocycles. The number of nitrogens with one attached hydrogen (secondary N) is 1. The third kappa shape index (κ3) is 2.62. The van der Waals surface area contributed by atoms with Crippen LogP contribution in [-0.2, 0) is 11.8 Å². The zero-order valence-electron chi connectivity index (χ0n) is 10.1. The molecule has 0 saturated heterocycles. The molecular formula is C11H17N3O2. The molecule has 0 aliphatic carbocycles. The Morgan fingerprint density at radius 1 is 1.44 bits per heavy atom. The molecule has 2 amide bonds. The van der Waals surface area contributed by atoms with Gasteiger partial charge in [-0.15, -0.1) is 0 Å². The second kappa shape index (κ2) is 4.83. The van der Waals surface area contributed by atoms with Crippen LogP contribution in [0.2, 0.25) is 0 Å². The van der Waals surface area contributed by atoms with E-state index in [4.69, 9.17) is 0 Å². The van der Waals surface area contributed by atoms with Crippen molar-refractivity contribution < 1.29 is 9.59 Å². The quantitative estimate of drug-likeness (QED) is 0.793. The molecule has 1 rings (SSSR count). The number of hydrogen-bond acceptors (Lipinski definition) is 2. The Balaban J connectivity index is 2.60. The number of carbonyl (C=O) groups is 2. The van der Waals surface area contributed by atoms with Crippen molar-refractivity contribution in [3.63, 3.8) is 0 Å². The van der Waals surface area contributed by atoms with Gasteiger partial charge in [0.25, 0.3) is 5.91 Å². The van der Waals surface area contributed by atoms with E-state index in [2.05, 4.69) is 5.32 Å². The molecule has 5 nitrogen and oxygen atoms in total. The summed E-state index contributed by atoms with van der Waals surface area (Å²) >= 11 is 0. The number of nitrogens with zero attached hydrogens (tertiary/aromatic N) is 2. The van der Waals surface area contributed by atoms with Crippen molar-refractivity contribution in [1.82, 2.24) is 14.8 Å². The summed E-state index contributed by atoms with van der Waals surface area (Å²) in [6.45, 7) is 1.89. The molecule has 88 valence electrons. The van der Waals surface area contributed by atoms with Gasteiger partial charge in [-0.05, 0) is 13.0 Å². The van der Waals surface area contributed by atoms with Crippen molar-refractivity contribution in [2.45, 2.75) is 6.92 Å². The second-order valence-corrected chi connectivity index (χ2v) is 3.90. The molecule has 1 heterocycles. The molecule has 16 heavy (non-hydrogen) atoms. The van der Waals surface area contributed by atoms with E-state index in [1.807, 2.05) is 24.7 Å². The van der Waals surface area contributed by atoms with Crippen molar-refractivity contribution in [3.05, 3.63) is 23.5 Å². The number of hydrogen-bond donors (Lipinski definition) is 1. The highest BCUT2D eigenvalue weighted by atomic mass is 16.2. The van der Waals surface area contributed by atoms with Crippen LogP contribution in [-0.4, -0.2) is 41.9 Å². The van der Waals surface area contributed by atoms with Gasteiger partial charge in [-0.25, -0.2) is 0 Å². The highest BCUT2D eigenvalue weighted by Gasteiger charge is 2.12. The van der Waals surface area contributed by atoms with Crippen molar-refractivity contribution in [1.29, 1.82) is 0 Å². The first kappa shape index (κ1) is 12.3. The lowest BCUT2D eigenvalue weighted by Crippen LogP contribution is -2.36. The summed E-state index contributed by atoms with van der Waals surface area (Å²) in [6.07, 6.45) is 1.82. The molecule has 0 radical (unpaired) electrons. The van der Waals surface area contributed by atoms with Gasteiger partial charge in [0.15, 0.2) is 0 Å². The monoisotopic (exact) mass is 223 g/mol. The smallest absolute Gasteiger partial charge is 0.253 e. The standard InChI is InChI=1S/C11H17N3O2/c1-8-9(5-6-14(8)4)11(16)12-7-10(15)13(2)3/h5-6H,7H2,1-4H3,(H,12,16). The van der Waals surface area contributed by atoms with Gasteiger partial charge in [0.1, 0.15) is 0 Å². The lowest BCUT2D eigenvalue weighted by molar-refractivity contribution is -0.127. The lowest BCUT2D eigenvalue weighted by Gasteiger charge is -2.10. The highest BCUT2D eigenvalue weighted by Crippen LogP contribution is 2.07. The third-order valence-electron chi connectivity index (χ3n) is 2.53. The Bertz CT molecular complexity index is 407. The van der Waals surface area contributed by atoms with E-state index < -0.39 is 0 Å². The van der Waals surface area contributed by atoms with Gasteiger partial charge in [0.05, 0.1) is 12.1 Å². The highest BCUT2D eigenvalue weighted by molar-refractivity contribution is 5.97. The van der Waals surface area contributed by atoms with Crippen molar-refractivity contribution in [2.75, 3.05) is 20.6 Å². The van der Waals surface area contributed by atoms with Gasteiger partial charge in [0, 0.05) is 33.0 Å². The summed E-state index contributed by atoms with van der Waals surface area (Å²) in [4.78, 5) is 24.4. The maximum Gasteiger partial charge on any atom is 0.253 e. The molecule has 0 aromatic carbocycles. The molecule has 0 saturated carbocycles. The molecule has 5 heteroatoms. The van der Waals surface area contributed by atoms with Crippen LogP contribution >= 0.6 is 0 Å². The normalized spacial score (nSPS) is 10.0. The summed E-state index contributed by atoms with van der Waals surface area (Å²) in [7, 11) is 5.18. The first-order valence-corrected chi connectivity index (χ1v) is 5.03. The van der Waals surface area contributed by atoms with Crippen LogP contribution in [0.15, 0.2) is 12.3 Å². The van der Waals surface area contributed by atoms with E-state index >= 15 is 0 Å². The topological polar surface area (TPSA) is 54.3 Å². The largest absolute Gasteiger partial charge is 0.354 e. The number of aryl methyl sites for hydroxylation is 1. The minimum Gasteiger partial charge on any atom is -0.354 e. The first-order valence-electron chi connectivity index (χ1n) is 5.03. The van der Waals surface area contributed by atoms with Crippen LogP contribution < -0.4 is 5.32 Å². The minimum atomic E-state index is -0.215. The average molecular weight is 223 g/mol. The summed E-state index contributed by atoms with van der Waals surface area (Å²) in [5, 5.41) is 2.59. The molecule has 0 unspecified atom stereocenters. The Labute approximate surface area is 95.0 Å². The fraction of sp³-hybridized carbons (Fsp3) is 0.455. The molecule has 0 spiro atoms. The number of amides is 2. The molecule has 1 N–H and O–H groups in total. The Kier molecular flexibility index (Phi) is 3.71. The summed E-state index contributed by atoms with van der Waals surface area (Å²) in [5.74, 6) is -0.338. The van der Waals surface area contributed by atoms with Crippen molar-refractivity contribution in [2.24, 2.45) is 7.05 Å². The predicted molar refractivity (Wildman–Crippen MR) is 61.2 cm³/mol. The molecule has 0 bridgehead atoms. The molecule has 0 atom stereocenters. The number of likely N-dealkylation sites (N-methyl/N-ethyl adjacent to an activating group) is 1. The van der Waals surface area contributed by atoms with E-state index in [1.165, 1.54) is 4.90 Å². The van der Waals surface area contributed by atoms with Crippen LogP contribution in [0.5, 0.6) is 0 Å². The average Bonchev–Trinajstić information content (AvgIpc) is 2.55. The number of carbonyl (C=O) groups excluding carboxylic acids is 2. The molecule has 1 aromatic rings. The maximum absolute atomic E-state index is 11.7. The Hall–Kier alpha value is -1.78. The van der Waals surface area contributed by atoms with Gasteiger partial charge >= 0.3 is 0 Å². The van der Waals surface area contributed by atoms with Crippen LogP contribution in [0.25, 0.3) is 0 Å². The summed E-state index contributed by atoms with van der Waals surface area (Å²) < 4.78 is 1.86. The van der Waals surface area contributed by atoms with E-state index in [1.54, 1.807) is 20.2 Å². The fourth-order valence-corrected chi connectivity index (χ4v) is 1.26. The van der Waals surface area contributed by atoms with Crippen LogP contribution in [0.3, 0.4) is 0 Å². The third-order valence-corrected chi connectivity index (χ3v) is 2.53. The Morgan fingerprint density at radius 3 is 2.50 bits per heavy atom. The van der Waals surface area contributed by atoms with E-state index in [9.17, 15) is 9.59 Å². The predicted octanol–water partition coefficient (Wildman–Crippen LogP) is 0.152. The zero-order chi connectivity index (χ0) is 12.3. The van der Waals surface area contributed by atoms with E-state index in [0.717, 1.165) is 5.69 Å². The van der Waals surface area contributed by atoms with E-state index in [0.29, 0.717) is 5.56 Å². The SMILES string of the molecule is Cc1c(C(=O)NCC(=O)N(C)C)ccn1C. The van der Waals surface area contributed by atoms with Gasteiger partial charge in [0.2, 0.25) is 5.91 Å². The zero-order valence-corrected chi connectivity index (χ0v) is 10.1. The molecule has 1 aromatic heterocycles. The van der Waals surface area contributed by atoms with Crippen LogP contribution in [0.1, 0.15) is 16.1 Å². The maximum atomic E-state index is 11.7. The van der Waals surface area contributed by atoms with Crippen LogP contribution in [0.4, 0.5) is 0 Å². The van der Waals surface area contributed by atoms with Crippen LogP contribution in [0, 0.1) is 6.92 Å². The Morgan fingerprint density at radius 2 is 2.06 bits per heavy atom. The molecule has 0 fully saturated rings. The molecular weight excluding hydrogens is 206 g/mol. The number of rotatable bonds is 3. The van der Waals surface area contributed by atoms with Crippen molar-refractivity contribution in [3.8, 4) is 0 Å². The second-order valence-electron chi connectivity index (χ2n) is 3.90.